The van der Waals surface area contributed by atoms with E-state index in [1.807, 2.05) is 60.7 Å². The minimum Gasteiger partial charge on any atom is -0.310 e. The Bertz CT molecular complexity index is 3430. The Morgan fingerprint density at radius 1 is 0.415 bits per heavy atom. The summed E-state index contributed by atoms with van der Waals surface area (Å²) in [5.41, 5.74) is 6.06. The quantitative estimate of drug-likeness (QED) is 0.173. The minimum atomic E-state index is -1.36. The van der Waals surface area contributed by atoms with Gasteiger partial charge in [-0.2, -0.15) is 0 Å². The summed E-state index contributed by atoms with van der Waals surface area (Å²) >= 11 is 1.67. The number of thiophene rings is 1. The van der Waals surface area contributed by atoms with E-state index in [1.165, 1.54) is 0 Å². The number of benzene rings is 9. The molecule has 0 saturated carbocycles. The smallest absolute Gasteiger partial charge is 0.0726 e. The molecule has 1 atom stereocenters. The number of anilines is 3. The fourth-order valence-electron chi connectivity index (χ4n) is 8.63. The van der Waals surface area contributed by atoms with E-state index < -0.39 is 35.6 Å². The number of nitrogens with zero attached hydrogens (tertiary/aromatic N) is 1. The second kappa shape index (κ2) is 11.8. The zero-order valence-electron chi connectivity index (χ0n) is 35.4. The van der Waals surface area contributed by atoms with Crippen LogP contribution >= 0.6 is 11.3 Å². The molecule has 1 heterocycles. The standard InChI is InChI=1S/C51H33NS/c1-2-18-37(19-3-1)52(38-29-28-34-14-4-5-16-36(34)32-38)39-30-31-46-43(33-39)41-21-8-10-23-45(41)51(46,44-24-12-17-35-15-6-7-20-40(35)44)47-25-13-27-49-50(47)42-22-9-11-26-48(42)53-49/h1-33H/i6D,7D,12D,15D,17D,20D,24D. The Labute approximate surface area is 322 Å². The molecule has 0 saturated heterocycles. The Kier molecular flexibility index (Phi) is 5.31. The Morgan fingerprint density at radius 2 is 1.11 bits per heavy atom. The summed E-state index contributed by atoms with van der Waals surface area (Å²) in [5, 5.41) is 4.27. The molecule has 0 radical (unpaired) electrons. The molecule has 1 nitrogen and oxygen atoms in total. The Morgan fingerprint density at radius 3 is 2.06 bits per heavy atom. The van der Waals surface area contributed by atoms with Crippen LogP contribution in [-0.4, -0.2) is 0 Å². The van der Waals surface area contributed by atoms with Gasteiger partial charge in [0.15, 0.2) is 0 Å². The van der Waals surface area contributed by atoms with Gasteiger partial charge in [0.2, 0.25) is 0 Å². The van der Waals surface area contributed by atoms with Gasteiger partial charge in [0.05, 0.1) is 15.0 Å². The van der Waals surface area contributed by atoms with Crippen LogP contribution in [0.3, 0.4) is 0 Å². The van der Waals surface area contributed by atoms with Crippen molar-refractivity contribution in [3.63, 3.8) is 0 Å². The maximum Gasteiger partial charge on any atom is 0.0726 e. The molecule has 0 N–H and O–H groups in total. The molecular formula is C51H33NS. The Balaban J connectivity index is 1.31. The van der Waals surface area contributed by atoms with Gasteiger partial charge < -0.3 is 4.90 Å². The zero-order chi connectivity index (χ0) is 41.0. The van der Waals surface area contributed by atoms with E-state index in [0.29, 0.717) is 0 Å². The lowest BCUT2D eigenvalue weighted by Crippen LogP contribution is -2.29. The lowest BCUT2D eigenvalue weighted by molar-refractivity contribution is 0.785. The van der Waals surface area contributed by atoms with Crippen molar-refractivity contribution in [2.24, 2.45) is 0 Å². The molecule has 1 unspecified atom stereocenters. The summed E-state index contributed by atoms with van der Waals surface area (Å²) in [6, 6.07) is 51.2. The predicted molar refractivity (Wildman–Crippen MR) is 226 cm³/mol. The number of para-hydroxylation sites is 1. The van der Waals surface area contributed by atoms with Gasteiger partial charge in [0.1, 0.15) is 0 Å². The maximum absolute atomic E-state index is 9.90. The van der Waals surface area contributed by atoms with Gasteiger partial charge in [-0.15, -0.1) is 11.3 Å². The molecule has 0 amide bonds. The van der Waals surface area contributed by atoms with Crippen molar-refractivity contribution < 1.29 is 9.60 Å². The van der Waals surface area contributed by atoms with E-state index in [9.17, 15) is 4.11 Å². The first-order chi connectivity index (χ1) is 29.2. The van der Waals surface area contributed by atoms with Gasteiger partial charge in [-0.05, 0) is 103 Å². The highest BCUT2D eigenvalue weighted by Gasteiger charge is 2.48. The monoisotopic (exact) mass is 698 g/mol. The summed E-state index contributed by atoms with van der Waals surface area (Å²) in [7, 11) is 0. The lowest BCUT2D eigenvalue weighted by Gasteiger charge is -2.36. The Hall–Kier alpha value is -6.48. The topological polar surface area (TPSA) is 3.24 Å². The molecule has 53 heavy (non-hydrogen) atoms. The molecule has 1 aromatic heterocycles. The summed E-state index contributed by atoms with van der Waals surface area (Å²) < 4.78 is 66.6. The third kappa shape index (κ3) is 4.43. The van der Waals surface area contributed by atoms with Crippen molar-refractivity contribution in [2.75, 3.05) is 4.90 Å². The van der Waals surface area contributed by atoms with Gasteiger partial charge >= 0.3 is 0 Å². The van der Waals surface area contributed by atoms with E-state index in [4.69, 9.17) is 5.48 Å². The molecular weight excluding hydrogens is 659 g/mol. The van der Waals surface area contributed by atoms with E-state index >= 15 is 0 Å². The van der Waals surface area contributed by atoms with Crippen molar-refractivity contribution in [2.45, 2.75) is 5.41 Å². The largest absolute Gasteiger partial charge is 0.310 e. The van der Waals surface area contributed by atoms with Gasteiger partial charge in [0, 0.05) is 37.2 Å². The summed E-state index contributed by atoms with van der Waals surface area (Å²) in [5.74, 6) is 0. The first kappa shape index (κ1) is 23.9. The van der Waals surface area contributed by atoms with E-state index in [0.717, 1.165) is 75.8 Å². The van der Waals surface area contributed by atoms with E-state index in [2.05, 4.69) is 102 Å². The zero-order valence-corrected chi connectivity index (χ0v) is 29.2. The van der Waals surface area contributed by atoms with Gasteiger partial charge in [-0.3, -0.25) is 0 Å². The first-order valence-corrected chi connectivity index (χ1v) is 18.5. The average molecular weight is 699 g/mol. The van der Waals surface area contributed by atoms with Crippen molar-refractivity contribution in [1.82, 2.24) is 0 Å². The highest BCUT2D eigenvalue weighted by molar-refractivity contribution is 7.25. The fraction of sp³-hybridized carbons (Fsp3) is 0.0196. The molecule has 11 rings (SSSR count). The molecule has 10 aromatic rings. The van der Waals surface area contributed by atoms with Crippen molar-refractivity contribution in [1.29, 1.82) is 0 Å². The van der Waals surface area contributed by atoms with Crippen LogP contribution in [0, 0.1) is 0 Å². The lowest BCUT2D eigenvalue weighted by atomic mass is 9.65. The van der Waals surface area contributed by atoms with Crippen molar-refractivity contribution in [3.05, 3.63) is 222 Å². The fourth-order valence-corrected chi connectivity index (χ4v) is 9.76. The van der Waals surface area contributed by atoms with Crippen LogP contribution < -0.4 is 4.90 Å². The van der Waals surface area contributed by atoms with Crippen LogP contribution in [0.1, 0.15) is 31.8 Å². The number of hydrogen-bond donors (Lipinski definition) is 0. The van der Waals surface area contributed by atoms with Crippen molar-refractivity contribution >= 4 is 70.1 Å². The molecule has 1 aliphatic rings. The summed E-state index contributed by atoms with van der Waals surface area (Å²) in [4.78, 5) is 2.24. The van der Waals surface area contributed by atoms with E-state index in [-0.39, 0.29) is 28.4 Å². The molecule has 2 heteroatoms. The molecule has 0 bridgehead atoms. The average Bonchev–Trinajstić information content (AvgIpc) is 3.81. The van der Waals surface area contributed by atoms with Gasteiger partial charge in [-0.25, -0.2) is 0 Å². The minimum absolute atomic E-state index is 0.0622. The second-order valence-electron chi connectivity index (χ2n) is 13.5. The summed E-state index contributed by atoms with van der Waals surface area (Å²) in [6.07, 6.45) is 0. The van der Waals surface area contributed by atoms with Crippen LogP contribution in [0.25, 0.3) is 52.8 Å². The van der Waals surface area contributed by atoms with Crippen molar-refractivity contribution in [3.8, 4) is 11.1 Å². The van der Waals surface area contributed by atoms with Crippen LogP contribution in [0.5, 0.6) is 0 Å². The highest BCUT2D eigenvalue weighted by Crippen LogP contribution is 2.60. The van der Waals surface area contributed by atoms with Crippen LogP contribution in [-0.2, 0) is 5.41 Å². The van der Waals surface area contributed by atoms with E-state index in [1.54, 1.807) is 11.3 Å². The number of fused-ring (bicyclic) bond motifs is 8. The SMILES string of the molecule is [2H]c1c([2H])c([2H])c2c(C3(c4cccc5sc6ccccc6c45)c4ccccc4-c4cc(N(c5ccccc5)c5ccc6ccccc6c5)ccc43)c([2H])c([2H])c([2H])c2c1[2H]. The van der Waals surface area contributed by atoms with Crippen LogP contribution in [0.15, 0.2) is 200 Å². The number of hydrogen-bond acceptors (Lipinski definition) is 2. The highest BCUT2D eigenvalue weighted by atomic mass is 32.1. The van der Waals surface area contributed by atoms with Crippen LogP contribution in [0.4, 0.5) is 17.1 Å². The predicted octanol–water partition coefficient (Wildman–Crippen LogP) is 14.2. The third-order valence-corrected chi connectivity index (χ3v) is 11.9. The second-order valence-corrected chi connectivity index (χ2v) is 14.6. The molecule has 0 fully saturated rings. The first-order valence-electron chi connectivity index (χ1n) is 21.2. The van der Waals surface area contributed by atoms with Gasteiger partial charge in [0.25, 0.3) is 0 Å². The molecule has 9 aromatic carbocycles. The summed E-state index contributed by atoms with van der Waals surface area (Å²) in [6.45, 7) is 0. The third-order valence-electron chi connectivity index (χ3n) is 10.8. The molecule has 0 spiro atoms. The van der Waals surface area contributed by atoms with Crippen LogP contribution in [0.2, 0.25) is 0 Å². The normalized spacial score (nSPS) is 16.7. The molecule has 0 aliphatic heterocycles. The maximum atomic E-state index is 9.90. The number of rotatable bonds is 5. The molecule has 1 aliphatic carbocycles. The molecule has 248 valence electrons. The van der Waals surface area contributed by atoms with Gasteiger partial charge in [-0.1, -0.05) is 151 Å².